The fraction of sp³-hybridized carbons (Fsp3) is 0.0455. The third-order valence-electron chi connectivity index (χ3n) is 4.86. The number of amides is 4. The molecule has 11 heteroatoms. The van der Waals surface area contributed by atoms with Crippen LogP contribution in [0.4, 0.5) is 10.5 Å². The minimum Gasteiger partial charge on any atom is -0.494 e. The van der Waals surface area contributed by atoms with Gasteiger partial charge in [0.15, 0.2) is 0 Å². The Morgan fingerprint density at radius 3 is 2.33 bits per heavy atom. The molecular formula is C22H15ClN4O6. The van der Waals surface area contributed by atoms with E-state index in [1.807, 2.05) is 10.3 Å². The lowest BCUT2D eigenvalue weighted by Crippen LogP contribution is -2.54. The molecule has 3 N–H and O–H groups in total. The van der Waals surface area contributed by atoms with Gasteiger partial charge in [-0.1, -0.05) is 23.7 Å². The zero-order chi connectivity index (χ0) is 23.9. The second-order valence-corrected chi connectivity index (χ2v) is 7.54. The predicted molar refractivity (Wildman–Crippen MR) is 120 cm³/mol. The van der Waals surface area contributed by atoms with Crippen molar-refractivity contribution in [2.75, 3.05) is 4.90 Å². The molecular weight excluding hydrogens is 452 g/mol. The van der Waals surface area contributed by atoms with Crippen molar-refractivity contribution in [1.82, 2.24) is 14.9 Å². The van der Waals surface area contributed by atoms with E-state index >= 15 is 0 Å². The number of H-pyrrole nitrogens is 1. The molecule has 0 bridgehead atoms. The van der Waals surface area contributed by atoms with E-state index < -0.39 is 46.1 Å². The van der Waals surface area contributed by atoms with Crippen molar-refractivity contribution in [3.05, 3.63) is 91.1 Å². The second kappa shape index (κ2) is 8.24. The molecule has 1 aromatic heterocycles. The third-order valence-corrected chi connectivity index (χ3v) is 5.11. The highest BCUT2D eigenvalue weighted by Gasteiger charge is 2.37. The summed E-state index contributed by atoms with van der Waals surface area (Å²) in [4.78, 5) is 65.3. The Balaban J connectivity index is 1.86. The quantitative estimate of drug-likeness (QED) is 0.397. The fourth-order valence-electron chi connectivity index (χ4n) is 3.30. The molecule has 10 nitrogen and oxygen atoms in total. The highest BCUT2D eigenvalue weighted by Crippen LogP contribution is 2.25. The first-order valence-electron chi connectivity index (χ1n) is 9.49. The van der Waals surface area contributed by atoms with E-state index in [0.717, 1.165) is 21.1 Å². The summed E-state index contributed by atoms with van der Waals surface area (Å²) in [6.45, 7) is 1.76. The van der Waals surface area contributed by atoms with Gasteiger partial charge in [-0.15, -0.1) is 0 Å². The summed E-state index contributed by atoms with van der Waals surface area (Å²) < 4.78 is 0.777. The number of rotatable bonds is 3. The molecule has 1 aliphatic heterocycles. The molecule has 3 aromatic rings. The highest BCUT2D eigenvalue weighted by molar-refractivity contribution is 6.39. The zero-order valence-electron chi connectivity index (χ0n) is 17.0. The van der Waals surface area contributed by atoms with Crippen molar-refractivity contribution in [3.8, 4) is 11.6 Å². The number of carbonyl (C=O) groups is 3. The minimum atomic E-state index is -1.06. The van der Waals surface area contributed by atoms with Crippen LogP contribution in [0.15, 0.2) is 63.7 Å². The van der Waals surface area contributed by atoms with E-state index in [1.165, 1.54) is 30.3 Å². The van der Waals surface area contributed by atoms with Crippen molar-refractivity contribution in [2.24, 2.45) is 0 Å². The number of nitrogens with one attached hydrogen (secondary N) is 2. The number of hydrogen-bond acceptors (Lipinski definition) is 6. The SMILES string of the molecule is Cc1cccc(N2C(=O)NC(=O)/C(=C/c3c(O)n(-c4ccc(Cl)cc4)c(=O)[nH]c3=O)C2=O)c1. The van der Waals surface area contributed by atoms with Crippen molar-refractivity contribution in [3.63, 3.8) is 0 Å². The average molecular weight is 467 g/mol. The van der Waals surface area contributed by atoms with E-state index in [1.54, 1.807) is 25.1 Å². The van der Waals surface area contributed by atoms with Crippen molar-refractivity contribution < 1.29 is 19.5 Å². The summed E-state index contributed by atoms with van der Waals surface area (Å²) in [7, 11) is 0. The maximum atomic E-state index is 13.0. The lowest BCUT2D eigenvalue weighted by molar-refractivity contribution is -0.122. The Morgan fingerprint density at radius 1 is 0.970 bits per heavy atom. The Labute approximate surface area is 190 Å². The summed E-state index contributed by atoms with van der Waals surface area (Å²) in [5.41, 5.74) is -1.94. The number of barbiturate groups is 1. The van der Waals surface area contributed by atoms with Gasteiger partial charge in [0.1, 0.15) is 11.1 Å². The highest BCUT2D eigenvalue weighted by atomic mass is 35.5. The number of aromatic hydroxyl groups is 1. The Morgan fingerprint density at radius 2 is 1.67 bits per heavy atom. The second-order valence-electron chi connectivity index (χ2n) is 7.11. The number of imide groups is 2. The summed E-state index contributed by atoms with van der Waals surface area (Å²) in [5.74, 6) is -2.87. The lowest BCUT2D eigenvalue weighted by Gasteiger charge is -2.26. The normalized spacial score (nSPS) is 15.2. The van der Waals surface area contributed by atoms with Gasteiger partial charge in [0.05, 0.1) is 11.4 Å². The van der Waals surface area contributed by atoms with Crippen LogP contribution >= 0.6 is 11.6 Å². The summed E-state index contributed by atoms with van der Waals surface area (Å²) >= 11 is 5.85. The molecule has 1 fully saturated rings. The molecule has 4 rings (SSSR count). The molecule has 0 saturated carbocycles. The number of anilines is 1. The third kappa shape index (κ3) is 3.94. The standard InChI is InChI=1S/C22H15ClN4O6/c1-11-3-2-4-14(9-11)27-20(31)16(18(29)25-22(27)33)10-15-17(28)24-21(32)26(19(15)30)13-7-5-12(23)6-8-13/h2-10,30H,1H3,(H,24,28,32)(H,25,29,33)/b16-10-. The first-order valence-corrected chi connectivity index (χ1v) is 9.87. The number of halogens is 1. The van der Waals surface area contributed by atoms with Gasteiger partial charge in [-0.2, -0.15) is 0 Å². The van der Waals surface area contributed by atoms with Crippen LogP contribution in [0.1, 0.15) is 11.1 Å². The maximum absolute atomic E-state index is 13.0. The zero-order valence-corrected chi connectivity index (χ0v) is 17.7. The van der Waals surface area contributed by atoms with E-state index in [2.05, 4.69) is 0 Å². The summed E-state index contributed by atoms with van der Waals surface area (Å²) in [5, 5.41) is 13.1. The molecule has 1 saturated heterocycles. The van der Waals surface area contributed by atoms with Crippen molar-refractivity contribution in [2.45, 2.75) is 6.92 Å². The van der Waals surface area contributed by atoms with Gasteiger partial charge in [-0.05, 0) is 55.0 Å². The number of aromatic nitrogens is 2. The summed E-state index contributed by atoms with van der Waals surface area (Å²) in [6.07, 6.45) is 0.826. The van der Waals surface area contributed by atoms with Gasteiger partial charge >= 0.3 is 11.7 Å². The van der Waals surface area contributed by atoms with Crippen molar-refractivity contribution in [1.29, 1.82) is 0 Å². The van der Waals surface area contributed by atoms with Crippen LogP contribution in [0, 0.1) is 6.92 Å². The average Bonchev–Trinajstić information content (AvgIpc) is 2.74. The van der Waals surface area contributed by atoms with E-state index in [9.17, 15) is 29.1 Å². The van der Waals surface area contributed by atoms with Crippen LogP contribution in [-0.2, 0) is 9.59 Å². The molecule has 0 atom stereocenters. The smallest absolute Gasteiger partial charge is 0.335 e. The van der Waals surface area contributed by atoms with Crippen LogP contribution in [0.25, 0.3) is 11.8 Å². The Kier molecular flexibility index (Phi) is 5.44. The number of urea groups is 1. The van der Waals surface area contributed by atoms with Crippen LogP contribution in [0.3, 0.4) is 0 Å². The number of hydrogen-bond donors (Lipinski definition) is 3. The Bertz CT molecular complexity index is 1470. The van der Waals surface area contributed by atoms with E-state index in [-0.39, 0.29) is 11.4 Å². The van der Waals surface area contributed by atoms with Gasteiger partial charge < -0.3 is 5.11 Å². The molecule has 1 aliphatic rings. The topological polar surface area (TPSA) is 142 Å². The molecule has 2 heterocycles. The Hall–Kier alpha value is -4.44. The number of carbonyl (C=O) groups excluding carboxylic acids is 3. The summed E-state index contributed by atoms with van der Waals surface area (Å²) in [6, 6.07) is 11.3. The van der Waals surface area contributed by atoms with Crippen LogP contribution < -0.4 is 21.5 Å². The first kappa shape index (κ1) is 21.8. The number of aryl methyl sites for hydroxylation is 1. The molecule has 4 amide bonds. The molecule has 166 valence electrons. The van der Waals surface area contributed by atoms with Crippen LogP contribution in [0.5, 0.6) is 5.88 Å². The van der Waals surface area contributed by atoms with Gasteiger partial charge in [0.2, 0.25) is 5.88 Å². The molecule has 33 heavy (non-hydrogen) atoms. The molecule has 0 spiro atoms. The monoisotopic (exact) mass is 466 g/mol. The van der Waals surface area contributed by atoms with Gasteiger partial charge in [0.25, 0.3) is 17.4 Å². The number of nitrogens with zero attached hydrogens (tertiary/aromatic N) is 2. The molecule has 0 aliphatic carbocycles. The van der Waals surface area contributed by atoms with Gasteiger partial charge in [0, 0.05) is 5.02 Å². The van der Waals surface area contributed by atoms with E-state index in [0.29, 0.717) is 5.02 Å². The fourth-order valence-corrected chi connectivity index (χ4v) is 3.43. The number of benzene rings is 2. The predicted octanol–water partition coefficient (Wildman–Crippen LogP) is 1.86. The largest absolute Gasteiger partial charge is 0.494 e. The van der Waals surface area contributed by atoms with Gasteiger partial charge in [-0.3, -0.25) is 24.7 Å². The van der Waals surface area contributed by atoms with Crippen molar-refractivity contribution >= 4 is 41.2 Å². The lowest BCUT2D eigenvalue weighted by atomic mass is 10.1. The van der Waals surface area contributed by atoms with Crippen LogP contribution in [0.2, 0.25) is 5.02 Å². The number of aromatic amines is 1. The minimum absolute atomic E-state index is 0.175. The maximum Gasteiger partial charge on any atom is 0.335 e. The molecule has 0 unspecified atom stereocenters. The molecule has 0 radical (unpaired) electrons. The molecule has 2 aromatic carbocycles. The van der Waals surface area contributed by atoms with E-state index in [4.69, 9.17) is 11.6 Å². The van der Waals surface area contributed by atoms with Gasteiger partial charge in [-0.25, -0.2) is 19.1 Å². The van der Waals surface area contributed by atoms with Crippen LogP contribution in [-0.4, -0.2) is 32.5 Å². The first-order chi connectivity index (χ1) is 15.7.